The molecule has 1 aromatic carbocycles. The quantitative estimate of drug-likeness (QED) is 0.730. The monoisotopic (exact) mass is 354 g/mol. The zero-order valence-electron chi connectivity index (χ0n) is 13.8. The lowest BCUT2D eigenvalue weighted by molar-refractivity contribution is -0.137. The third-order valence-electron chi connectivity index (χ3n) is 3.55. The van der Waals surface area contributed by atoms with Gasteiger partial charge in [-0.05, 0) is 47.9 Å². The minimum atomic E-state index is -4.49. The molecule has 0 spiro atoms. The summed E-state index contributed by atoms with van der Waals surface area (Å²) >= 11 is 0. The third kappa shape index (κ3) is 3.90. The van der Waals surface area contributed by atoms with Gasteiger partial charge in [-0.3, -0.25) is 0 Å². The first kappa shape index (κ1) is 18.7. The van der Waals surface area contributed by atoms with Crippen molar-refractivity contribution in [3.05, 3.63) is 54.3 Å². The molecule has 0 radical (unpaired) electrons. The molecule has 0 N–H and O–H groups in total. The number of halogens is 3. The van der Waals surface area contributed by atoms with Gasteiger partial charge in [0, 0.05) is 5.56 Å². The molecule has 1 unspecified atom stereocenters. The van der Waals surface area contributed by atoms with E-state index in [0.717, 1.165) is 12.1 Å². The lowest BCUT2D eigenvalue weighted by atomic mass is 9.99. The Morgan fingerprint density at radius 3 is 2.56 bits per heavy atom. The fourth-order valence-electron chi connectivity index (χ4n) is 2.31. The molecule has 25 heavy (non-hydrogen) atoms. The molecule has 2 aromatic rings. The smallest absolute Gasteiger partial charge is 0.416 e. The van der Waals surface area contributed by atoms with Crippen molar-refractivity contribution in [2.45, 2.75) is 26.1 Å². The van der Waals surface area contributed by atoms with Gasteiger partial charge in [0.25, 0.3) is 0 Å². The molecule has 0 bridgehead atoms. The summed E-state index contributed by atoms with van der Waals surface area (Å²) in [6.45, 7) is 9.63. The van der Waals surface area contributed by atoms with E-state index in [0.29, 0.717) is 11.3 Å². The predicted molar refractivity (Wildman–Crippen MR) is 86.3 cm³/mol. The van der Waals surface area contributed by atoms with E-state index < -0.39 is 11.7 Å². The highest BCUT2D eigenvalue weighted by Crippen LogP contribution is 2.35. The van der Waals surface area contributed by atoms with E-state index in [1.165, 1.54) is 0 Å². The predicted octanol–water partition coefficient (Wildman–Crippen LogP) is 4.72. The fourth-order valence-corrected chi connectivity index (χ4v) is 2.31. The maximum absolute atomic E-state index is 13.1. The van der Waals surface area contributed by atoms with Crippen LogP contribution in [-0.4, -0.2) is 23.2 Å². The van der Waals surface area contributed by atoms with Crippen molar-refractivity contribution in [2.24, 2.45) is 0 Å². The molecule has 0 amide bonds. The van der Waals surface area contributed by atoms with E-state index in [2.05, 4.69) is 28.1 Å². The Kier molecular flexibility index (Phi) is 5.63. The summed E-state index contributed by atoms with van der Waals surface area (Å²) in [5.74, 6) is 0.542. The van der Waals surface area contributed by atoms with Gasteiger partial charge in [-0.25, -0.2) is 4.63 Å². The lowest BCUT2D eigenvalue weighted by Crippen LogP contribution is -2.06. The normalized spacial score (nSPS) is 19.6. The fraction of sp³-hybridized carbons (Fsp3) is 0.294. The number of allylic oxidation sites excluding steroid dienone is 3. The van der Waals surface area contributed by atoms with Crippen LogP contribution in [-0.2, 0) is 15.7 Å². The minimum absolute atomic E-state index is 0.0456. The number of benzene rings is 1. The van der Waals surface area contributed by atoms with Crippen molar-refractivity contribution in [1.82, 2.24) is 10.3 Å². The Labute approximate surface area is 142 Å². The number of nitrogens with zero attached hydrogens (tertiary/aromatic N) is 2. The van der Waals surface area contributed by atoms with Crippen molar-refractivity contribution in [1.29, 1.82) is 0 Å². The van der Waals surface area contributed by atoms with Crippen LogP contribution in [0.2, 0.25) is 0 Å². The molecule has 1 aliphatic rings. The van der Waals surface area contributed by atoms with E-state index in [-0.39, 0.29) is 29.5 Å². The maximum atomic E-state index is 13.1. The molecule has 2 heterocycles. The van der Waals surface area contributed by atoms with Crippen molar-refractivity contribution in [2.75, 3.05) is 6.79 Å². The van der Waals surface area contributed by atoms with Gasteiger partial charge in [0.2, 0.25) is 0 Å². The summed E-state index contributed by atoms with van der Waals surface area (Å²) in [5, 5.41) is 7.24. The highest BCUT2D eigenvalue weighted by molar-refractivity contribution is 5.92. The van der Waals surface area contributed by atoms with Crippen molar-refractivity contribution in [3.63, 3.8) is 0 Å². The molecule has 0 saturated carbocycles. The molecular formula is C17H17F3N2O3. The van der Waals surface area contributed by atoms with Crippen LogP contribution in [0.5, 0.6) is 0 Å². The van der Waals surface area contributed by atoms with Gasteiger partial charge in [-0.2, -0.15) is 13.2 Å². The molecule has 1 saturated heterocycles. The average Bonchev–Trinajstić information content (AvgIpc) is 3.21. The second-order valence-electron chi connectivity index (χ2n) is 5.02. The zero-order chi connectivity index (χ0) is 18.6. The highest BCUT2D eigenvalue weighted by Gasteiger charge is 2.32. The molecule has 1 atom stereocenters. The largest absolute Gasteiger partial charge is 0.469 e. The lowest BCUT2D eigenvalue weighted by Gasteiger charge is -2.10. The Morgan fingerprint density at radius 1 is 1.28 bits per heavy atom. The molecule has 0 aliphatic carbocycles. The molecule has 1 aliphatic heterocycles. The first-order valence-electron chi connectivity index (χ1n) is 7.36. The molecule has 8 heteroatoms. The van der Waals surface area contributed by atoms with Crippen molar-refractivity contribution in [3.8, 4) is 0 Å². The van der Waals surface area contributed by atoms with Gasteiger partial charge in [0.05, 0.1) is 5.56 Å². The second-order valence-corrected chi connectivity index (χ2v) is 5.02. The summed E-state index contributed by atoms with van der Waals surface area (Å²) in [7, 11) is 0. The first-order valence-corrected chi connectivity index (χ1v) is 7.36. The Bertz CT molecular complexity index is 809. The minimum Gasteiger partial charge on any atom is -0.469 e. The topological polar surface area (TPSA) is 57.4 Å². The Morgan fingerprint density at radius 2 is 2.00 bits per heavy atom. The maximum Gasteiger partial charge on any atom is 0.416 e. The van der Waals surface area contributed by atoms with Gasteiger partial charge in [-0.1, -0.05) is 6.08 Å². The number of rotatable bonds is 2. The number of alkyl halides is 3. The number of hydrogen-bond acceptors (Lipinski definition) is 5. The molecule has 3 rings (SSSR count). The van der Waals surface area contributed by atoms with Crippen LogP contribution < -0.4 is 0 Å². The number of ether oxygens (including phenoxy) is 2. The molecule has 5 nitrogen and oxygen atoms in total. The Hall–Kier alpha value is -2.61. The zero-order valence-corrected chi connectivity index (χ0v) is 13.8. The molecule has 1 fully saturated rings. The molecule has 1 aromatic heterocycles. The van der Waals surface area contributed by atoms with Crippen LogP contribution in [0.3, 0.4) is 0 Å². The molecular weight excluding hydrogens is 337 g/mol. The second kappa shape index (κ2) is 7.52. The van der Waals surface area contributed by atoms with E-state index >= 15 is 0 Å². The number of hydrogen-bond donors (Lipinski definition) is 0. The number of aromatic nitrogens is 2. The van der Waals surface area contributed by atoms with Gasteiger partial charge in [0.15, 0.2) is 6.79 Å². The summed E-state index contributed by atoms with van der Waals surface area (Å²) in [6.07, 6.45) is -1.44. The van der Waals surface area contributed by atoms with E-state index in [1.807, 2.05) is 0 Å². The standard InChI is InChI=1S/C15H13F3N2O3.C2H4/c1-3-9(4-13-8(2)21-7-22-13)11-5-10(15(16,17)18)6-12-14(11)20-23-19-12;1-2/h3-6,8H,7H2,1-2H3;1-2H2/b9-3+,13-4+;. The van der Waals surface area contributed by atoms with Gasteiger partial charge >= 0.3 is 6.18 Å². The average molecular weight is 354 g/mol. The van der Waals surface area contributed by atoms with Gasteiger partial charge in [-0.15, -0.1) is 13.2 Å². The van der Waals surface area contributed by atoms with Crippen molar-refractivity contribution < 1.29 is 27.3 Å². The van der Waals surface area contributed by atoms with Crippen LogP contribution >= 0.6 is 0 Å². The van der Waals surface area contributed by atoms with E-state index in [4.69, 9.17) is 9.47 Å². The van der Waals surface area contributed by atoms with Crippen LogP contribution in [0.1, 0.15) is 25.0 Å². The van der Waals surface area contributed by atoms with Crippen LogP contribution in [0.15, 0.2) is 47.8 Å². The van der Waals surface area contributed by atoms with Crippen molar-refractivity contribution >= 4 is 16.6 Å². The van der Waals surface area contributed by atoms with Gasteiger partial charge in [0.1, 0.15) is 22.9 Å². The van der Waals surface area contributed by atoms with E-state index in [9.17, 15) is 13.2 Å². The number of fused-ring (bicyclic) bond motifs is 1. The van der Waals surface area contributed by atoms with Crippen LogP contribution in [0.4, 0.5) is 13.2 Å². The van der Waals surface area contributed by atoms with Gasteiger partial charge < -0.3 is 9.47 Å². The summed E-state index contributed by atoms with van der Waals surface area (Å²) < 4.78 is 54.4. The first-order chi connectivity index (χ1) is 11.9. The van der Waals surface area contributed by atoms with Crippen LogP contribution in [0.25, 0.3) is 16.6 Å². The van der Waals surface area contributed by atoms with Crippen LogP contribution in [0, 0.1) is 0 Å². The van der Waals surface area contributed by atoms with E-state index in [1.54, 1.807) is 26.0 Å². The summed E-state index contributed by atoms with van der Waals surface area (Å²) in [5.41, 5.74) is 0.279. The Balaban J connectivity index is 0.00000109. The highest BCUT2D eigenvalue weighted by atomic mass is 19.4. The SMILES string of the molecule is C/C=C(\C=C1\OCOC1C)c1cc(C(F)(F)F)cc2nonc12.C=C. The summed E-state index contributed by atoms with van der Waals surface area (Å²) in [4.78, 5) is 0. The summed E-state index contributed by atoms with van der Waals surface area (Å²) in [6, 6.07) is 1.94. The molecule has 134 valence electrons. The third-order valence-corrected chi connectivity index (χ3v) is 3.55.